The van der Waals surface area contributed by atoms with Crippen molar-refractivity contribution in [2.45, 2.75) is 23.2 Å². The number of aromatic nitrogens is 1. The first kappa shape index (κ1) is 23.1. The Labute approximate surface area is 204 Å². The third-order valence-electron chi connectivity index (χ3n) is 6.34. The van der Waals surface area contributed by atoms with Crippen molar-refractivity contribution in [2.75, 3.05) is 25.7 Å². The molecule has 1 aromatic heterocycles. The summed E-state index contributed by atoms with van der Waals surface area (Å²) in [7, 11) is -2.09. The average molecular weight is 492 g/mol. The molecule has 35 heavy (non-hydrogen) atoms. The SMILES string of the molecule is C=CCN(C)S(=O)(=O)c1ccc(-c2cccc(NC(=O)C3(c4ccc5c(c4)OCO5)CC3)n2)cc1. The van der Waals surface area contributed by atoms with E-state index in [1.807, 2.05) is 24.3 Å². The number of amides is 1. The summed E-state index contributed by atoms with van der Waals surface area (Å²) in [6.45, 7) is 4.00. The molecule has 180 valence electrons. The zero-order valence-corrected chi connectivity index (χ0v) is 20.0. The van der Waals surface area contributed by atoms with Gasteiger partial charge in [-0.25, -0.2) is 13.4 Å². The Balaban J connectivity index is 1.33. The van der Waals surface area contributed by atoms with Crippen molar-refractivity contribution in [3.8, 4) is 22.8 Å². The normalized spacial score (nSPS) is 15.6. The van der Waals surface area contributed by atoms with Crippen LogP contribution >= 0.6 is 0 Å². The number of hydrogen-bond donors (Lipinski definition) is 1. The highest BCUT2D eigenvalue weighted by atomic mass is 32.2. The van der Waals surface area contributed by atoms with Gasteiger partial charge in [0.15, 0.2) is 11.5 Å². The number of carbonyl (C=O) groups excluding carboxylic acids is 1. The maximum atomic E-state index is 13.2. The predicted molar refractivity (Wildman–Crippen MR) is 132 cm³/mol. The number of benzene rings is 2. The highest BCUT2D eigenvalue weighted by molar-refractivity contribution is 7.89. The van der Waals surface area contributed by atoms with Gasteiger partial charge in [0.05, 0.1) is 16.0 Å². The number of carbonyl (C=O) groups is 1. The molecule has 5 rings (SSSR count). The first-order valence-corrected chi connectivity index (χ1v) is 12.6. The number of ether oxygens (including phenoxy) is 2. The van der Waals surface area contributed by atoms with Crippen molar-refractivity contribution < 1.29 is 22.7 Å². The molecule has 0 radical (unpaired) electrons. The van der Waals surface area contributed by atoms with Gasteiger partial charge in [-0.15, -0.1) is 6.58 Å². The van der Waals surface area contributed by atoms with Crippen LogP contribution < -0.4 is 14.8 Å². The van der Waals surface area contributed by atoms with Gasteiger partial charge in [-0.1, -0.05) is 30.3 Å². The summed E-state index contributed by atoms with van der Waals surface area (Å²) in [6.07, 6.45) is 3.02. The number of nitrogens with one attached hydrogen (secondary N) is 1. The summed E-state index contributed by atoms with van der Waals surface area (Å²) in [5.74, 6) is 1.66. The summed E-state index contributed by atoms with van der Waals surface area (Å²) in [6, 6.07) is 17.5. The van der Waals surface area contributed by atoms with Gasteiger partial charge in [-0.05, 0) is 54.8 Å². The number of nitrogens with zero attached hydrogens (tertiary/aromatic N) is 2. The Kier molecular flexibility index (Phi) is 5.82. The minimum atomic E-state index is -3.60. The number of likely N-dealkylation sites (N-methyl/N-ethyl adjacent to an activating group) is 1. The lowest BCUT2D eigenvalue weighted by atomic mass is 9.94. The van der Waals surface area contributed by atoms with E-state index in [4.69, 9.17) is 9.47 Å². The maximum Gasteiger partial charge on any atom is 0.243 e. The molecule has 0 unspecified atom stereocenters. The van der Waals surface area contributed by atoms with Crippen LogP contribution in [0.5, 0.6) is 11.5 Å². The maximum absolute atomic E-state index is 13.2. The summed E-state index contributed by atoms with van der Waals surface area (Å²) >= 11 is 0. The molecule has 0 bridgehead atoms. The largest absolute Gasteiger partial charge is 0.454 e. The fourth-order valence-electron chi connectivity index (χ4n) is 4.12. The highest BCUT2D eigenvalue weighted by Crippen LogP contribution is 2.51. The minimum Gasteiger partial charge on any atom is -0.454 e. The average Bonchev–Trinajstić information content (AvgIpc) is 3.55. The summed E-state index contributed by atoms with van der Waals surface area (Å²) < 4.78 is 37.3. The monoisotopic (exact) mass is 491 g/mol. The van der Waals surface area contributed by atoms with Crippen molar-refractivity contribution in [3.63, 3.8) is 0 Å². The fourth-order valence-corrected chi connectivity index (χ4v) is 5.27. The standard InChI is InChI=1S/C26H25N3O5S/c1-3-15-29(2)35(31,32)20-10-7-18(8-11-20)21-5-4-6-24(27-21)28-25(30)26(13-14-26)19-9-12-22-23(16-19)34-17-33-22/h3-12,16H,1,13-15,17H2,2H3,(H,27,28,30). The Morgan fingerprint density at radius 2 is 1.86 bits per heavy atom. The first-order valence-electron chi connectivity index (χ1n) is 11.2. The molecule has 9 heteroatoms. The Morgan fingerprint density at radius 3 is 2.57 bits per heavy atom. The van der Waals surface area contributed by atoms with Crippen LogP contribution in [0.2, 0.25) is 0 Å². The van der Waals surface area contributed by atoms with Crippen LogP contribution in [-0.4, -0.2) is 44.0 Å². The lowest BCUT2D eigenvalue weighted by molar-refractivity contribution is -0.118. The van der Waals surface area contributed by atoms with Crippen molar-refractivity contribution in [3.05, 3.63) is 78.9 Å². The quantitative estimate of drug-likeness (QED) is 0.479. The zero-order chi connectivity index (χ0) is 24.6. The molecule has 1 N–H and O–H groups in total. The van der Waals surface area contributed by atoms with Crippen LogP contribution in [0, 0.1) is 0 Å². The Bertz CT molecular complexity index is 1400. The van der Waals surface area contributed by atoms with E-state index >= 15 is 0 Å². The van der Waals surface area contributed by atoms with E-state index in [2.05, 4.69) is 16.9 Å². The molecule has 1 fully saturated rings. The Hall–Kier alpha value is -3.69. The molecular weight excluding hydrogens is 466 g/mol. The van der Waals surface area contributed by atoms with Gasteiger partial charge in [0.1, 0.15) is 5.82 Å². The van der Waals surface area contributed by atoms with E-state index < -0.39 is 15.4 Å². The van der Waals surface area contributed by atoms with E-state index in [9.17, 15) is 13.2 Å². The molecule has 1 aliphatic carbocycles. The van der Waals surface area contributed by atoms with Crippen LogP contribution in [-0.2, 0) is 20.2 Å². The third-order valence-corrected chi connectivity index (χ3v) is 8.18. The van der Waals surface area contributed by atoms with Crippen LogP contribution in [0.25, 0.3) is 11.3 Å². The second-order valence-corrected chi connectivity index (χ2v) is 10.7. The molecule has 1 saturated carbocycles. The van der Waals surface area contributed by atoms with E-state index in [0.29, 0.717) is 23.0 Å². The molecule has 3 aromatic rings. The van der Waals surface area contributed by atoms with Gasteiger partial charge in [0.2, 0.25) is 22.7 Å². The zero-order valence-electron chi connectivity index (χ0n) is 19.2. The lowest BCUT2D eigenvalue weighted by Crippen LogP contribution is -2.28. The van der Waals surface area contributed by atoms with Gasteiger partial charge in [-0.3, -0.25) is 4.79 Å². The second-order valence-electron chi connectivity index (χ2n) is 8.61. The van der Waals surface area contributed by atoms with E-state index in [-0.39, 0.29) is 24.1 Å². The van der Waals surface area contributed by atoms with Crippen LogP contribution in [0.4, 0.5) is 5.82 Å². The van der Waals surface area contributed by atoms with Crippen LogP contribution in [0.15, 0.2) is 78.2 Å². The number of hydrogen-bond acceptors (Lipinski definition) is 6. The van der Waals surface area contributed by atoms with Crippen molar-refractivity contribution in [1.29, 1.82) is 0 Å². The van der Waals surface area contributed by atoms with Crippen LogP contribution in [0.1, 0.15) is 18.4 Å². The molecule has 0 atom stereocenters. The number of rotatable bonds is 8. The van der Waals surface area contributed by atoms with Crippen LogP contribution in [0.3, 0.4) is 0 Å². The molecule has 0 saturated heterocycles. The molecular formula is C26H25N3O5S. The number of sulfonamides is 1. The summed E-state index contributed by atoms with van der Waals surface area (Å²) in [4.78, 5) is 18.0. The number of pyridine rings is 1. The number of fused-ring (bicyclic) bond motifs is 1. The van der Waals surface area contributed by atoms with Crippen molar-refractivity contribution >= 4 is 21.7 Å². The first-order chi connectivity index (χ1) is 16.8. The molecule has 2 aliphatic rings. The molecule has 2 heterocycles. The fraction of sp³-hybridized carbons (Fsp3) is 0.231. The highest BCUT2D eigenvalue weighted by Gasteiger charge is 2.51. The van der Waals surface area contributed by atoms with E-state index in [0.717, 1.165) is 24.0 Å². The van der Waals surface area contributed by atoms with Gasteiger partial charge in [-0.2, -0.15) is 4.31 Å². The van der Waals surface area contributed by atoms with Crippen molar-refractivity contribution in [2.24, 2.45) is 0 Å². The minimum absolute atomic E-state index is 0.118. The van der Waals surface area contributed by atoms with Gasteiger partial charge in [0, 0.05) is 19.2 Å². The topological polar surface area (TPSA) is 97.8 Å². The molecule has 1 amide bonds. The molecule has 1 aliphatic heterocycles. The second kappa shape index (κ2) is 8.83. The molecule has 8 nitrogen and oxygen atoms in total. The molecule has 2 aromatic carbocycles. The molecule has 0 spiro atoms. The summed E-state index contributed by atoms with van der Waals surface area (Å²) in [5.41, 5.74) is 1.66. The van der Waals surface area contributed by atoms with Gasteiger partial charge in [0.25, 0.3) is 0 Å². The van der Waals surface area contributed by atoms with Gasteiger partial charge < -0.3 is 14.8 Å². The Morgan fingerprint density at radius 1 is 1.11 bits per heavy atom. The number of anilines is 1. The van der Waals surface area contributed by atoms with Crippen molar-refractivity contribution in [1.82, 2.24) is 9.29 Å². The van der Waals surface area contributed by atoms with Gasteiger partial charge >= 0.3 is 0 Å². The predicted octanol–water partition coefficient (Wildman–Crippen LogP) is 3.95. The lowest BCUT2D eigenvalue weighted by Gasteiger charge is -2.16. The summed E-state index contributed by atoms with van der Waals surface area (Å²) in [5, 5.41) is 2.95. The smallest absolute Gasteiger partial charge is 0.243 e. The third kappa shape index (κ3) is 4.28. The van der Waals surface area contributed by atoms with E-state index in [1.165, 1.54) is 17.4 Å². The van der Waals surface area contributed by atoms with E-state index in [1.54, 1.807) is 36.4 Å².